The van der Waals surface area contributed by atoms with Crippen molar-refractivity contribution in [3.05, 3.63) is 119 Å². The van der Waals surface area contributed by atoms with Crippen molar-refractivity contribution in [3.63, 3.8) is 0 Å². The molecule has 0 saturated carbocycles. The van der Waals surface area contributed by atoms with E-state index in [1.807, 2.05) is 91.0 Å². The van der Waals surface area contributed by atoms with Crippen molar-refractivity contribution in [1.82, 2.24) is 19.5 Å². The minimum absolute atomic E-state index is 0.0522. The Kier molecular flexibility index (Phi) is 6.76. The van der Waals surface area contributed by atoms with Crippen molar-refractivity contribution in [3.8, 4) is 0 Å². The second-order valence-corrected chi connectivity index (χ2v) is 9.64. The lowest BCUT2D eigenvalue weighted by atomic mass is 9.79. The molecular formula is C29H26ClN5O4. The topological polar surface area (TPSA) is 129 Å². The van der Waals surface area contributed by atoms with E-state index in [2.05, 4.69) is 15.0 Å². The van der Waals surface area contributed by atoms with E-state index in [9.17, 15) is 10.2 Å². The predicted octanol–water partition coefficient (Wildman–Crippen LogP) is 3.69. The van der Waals surface area contributed by atoms with Crippen LogP contribution in [0.25, 0.3) is 11.2 Å². The fourth-order valence-electron chi connectivity index (χ4n) is 5.24. The van der Waals surface area contributed by atoms with E-state index in [-0.39, 0.29) is 11.1 Å². The molecular weight excluding hydrogens is 518 g/mol. The fraction of sp³-hybridized carbons (Fsp3) is 0.207. The predicted molar refractivity (Wildman–Crippen MR) is 146 cm³/mol. The normalized spacial score (nSPS) is 21.4. The molecule has 1 aliphatic heterocycles. The number of hydrogen-bond acceptors (Lipinski definition) is 8. The van der Waals surface area contributed by atoms with Crippen LogP contribution in [-0.4, -0.2) is 54.7 Å². The minimum Gasteiger partial charge on any atom is -0.394 e. The van der Waals surface area contributed by atoms with E-state index in [4.69, 9.17) is 26.8 Å². The summed E-state index contributed by atoms with van der Waals surface area (Å²) in [4.78, 5) is 12.7. The van der Waals surface area contributed by atoms with Crippen LogP contribution in [-0.2, 0) is 15.1 Å². The highest BCUT2D eigenvalue weighted by atomic mass is 35.5. The van der Waals surface area contributed by atoms with Gasteiger partial charge in [-0.05, 0) is 28.3 Å². The molecule has 3 heterocycles. The number of aliphatic hydroxyl groups is 2. The number of anilines is 1. The Morgan fingerprint density at radius 3 is 1.95 bits per heavy atom. The van der Waals surface area contributed by atoms with E-state index in [1.54, 1.807) is 4.57 Å². The van der Waals surface area contributed by atoms with Gasteiger partial charge >= 0.3 is 0 Å². The van der Waals surface area contributed by atoms with Crippen LogP contribution in [0, 0.1) is 0 Å². The molecule has 0 spiro atoms. The molecule has 9 nitrogen and oxygen atoms in total. The van der Waals surface area contributed by atoms with Gasteiger partial charge in [-0.3, -0.25) is 4.57 Å². The molecule has 4 atom stereocenters. The Balaban J connectivity index is 1.56. The van der Waals surface area contributed by atoms with Crippen LogP contribution in [0.5, 0.6) is 0 Å². The summed E-state index contributed by atoms with van der Waals surface area (Å²) in [6, 6.07) is 29.4. The van der Waals surface area contributed by atoms with Crippen LogP contribution in [0.4, 0.5) is 5.82 Å². The quantitative estimate of drug-likeness (QED) is 0.209. The standard InChI is InChI=1S/C29H26ClN5O4/c30-28-33-25(31)22-26(34-28)35(17-32-22)27-24(23(37)21(16-36)38-27)39-29(18-10-4-1-5-11-18,19-12-6-2-7-13-19)20-14-8-3-9-15-20/h1-15,17,21,23-24,27,36-37H,16H2,(H2,31,33,34)/t21-,23?,24?,27-/m1/s1. The van der Waals surface area contributed by atoms with Crippen molar-refractivity contribution < 1.29 is 19.7 Å². The van der Waals surface area contributed by atoms with Crippen LogP contribution >= 0.6 is 11.6 Å². The average molecular weight is 544 g/mol. The van der Waals surface area contributed by atoms with E-state index in [0.29, 0.717) is 11.2 Å². The zero-order valence-electron chi connectivity index (χ0n) is 20.7. The summed E-state index contributed by atoms with van der Waals surface area (Å²) in [5, 5.41) is 21.5. The molecule has 1 fully saturated rings. The van der Waals surface area contributed by atoms with Crippen molar-refractivity contribution in [2.75, 3.05) is 12.3 Å². The number of nitrogens with two attached hydrogens (primary N) is 1. The van der Waals surface area contributed by atoms with Crippen LogP contribution in [0.1, 0.15) is 22.9 Å². The highest BCUT2D eigenvalue weighted by Crippen LogP contribution is 2.45. The van der Waals surface area contributed by atoms with Crippen LogP contribution < -0.4 is 5.73 Å². The smallest absolute Gasteiger partial charge is 0.226 e. The second kappa shape index (κ2) is 10.4. The van der Waals surface area contributed by atoms with Crippen molar-refractivity contribution in [2.45, 2.75) is 30.1 Å². The van der Waals surface area contributed by atoms with Gasteiger partial charge in [0, 0.05) is 0 Å². The summed E-state index contributed by atoms with van der Waals surface area (Å²) in [6.07, 6.45) is -2.53. The Labute approximate surface area is 229 Å². The number of halogens is 1. The molecule has 1 aliphatic rings. The largest absolute Gasteiger partial charge is 0.394 e. The molecule has 2 unspecified atom stereocenters. The maximum absolute atomic E-state index is 11.5. The number of nitrogen functional groups attached to an aromatic ring is 1. The molecule has 0 amide bonds. The number of fused-ring (bicyclic) bond motifs is 1. The zero-order valence-corrected chi connectivity index (χ0v) is 21.5. The van der Waals surface area contributed by atoms with E-state index in [0.717, 1.165) is 16.7 Å². The van der Waals surface area contributed by atoms with Gasteiger partial charge in [0.25, 0.3) is 0 Å². The van der Waals surface area contributed by atoms with Crippen molar-refractivity contribution in [2.24, 2.45) is 0 Å². The van der Waals surface area contributed by atoms with Gasteiger partial charge in [-0.25, -0.2) is 4.98 Å². The lowest BCUT2D eigenvalue weighted by Gasteiger charge is -2.40. The third-order valence-electron chi connectivity index (χ3n) is 7.04. The van der Waals surface area contributed by atoms with Gasteiger partial charge in [-0.2, -0.15) is 9.97 Å². The SMILES string of the molecule is Nc1nc(Cl)nc2c1ncn2[C@@H]1O[C@H](CO)C(O)C1OC(c1ccccc1)(c1ccccc1)c1ccccc1. The maximum atomic E-state index is 11.5. The third-order valence-corrected chi connectivity index (χ3v) is 7.21. The number of nitrogens with zero attached hydrogens (tertiary/aromatic N) is 4. The van der Waals surface area contributed by atoms with Crippen molar-refractivity contribution in [1.29, 1.82) is 0 Å². The lowest BCUT2D eigenvalue weighted by Crippen LogP contribution is -2.44. The summed E-state index contributed by atoms with van der Waals surface area (Å²) < 4.78 is 14.9. The number of hydrogen-bond donors (Lipinski definition) is 3. The molecule has 39 heavy (non-hydrogen) atoms. The number of aliphatic hydroxyl groups excluding tert-OH is 2. The fourth-order valence-corrected chi connectivity index (χ4v) is 5.41. The average Bonchev–Trinajstić information content (AvgIpc) is 3.53. The Bertz CT molecular complexity index is 1470. The highest BCUT2D eigenvalue weighted by molar-refractivity contribution is 6.28. The first-order valence-corrected chi connectivity index (χ1v) is 12.8. The van der Waals surface area contributed by atoms with E-state index in [1.165, 1.54) is 6.33 Å². The Hall–Kier alpha value is -3.86. The monoisotopic (exact) mass is 543 g/mol. The summed E-state index contributed by atoms with van der Waals surface area (Å²) in [5.41, 5.74) is 8.11. The van der Waals surface area contributed by atoms with Gasteiger partial charge in [0.1, 0.15) is 29.4 Å². The van der Waals surface area contributed by atoms with Gasteiger partial charge in [-0.1, -0.05) is 91.0 Å². The first-order valence-electron chi connectivity index (χ1n) is 12.5. The van der Waals surface area contributed by atoms with Crippen LogP contribution in [0.15, 0.2) is 97.3 Å². The molecule has 0 bridgehead atoms. The van der Waals surface area contributed by atoms with Crippen LogP contribution in [0.3, 0.4) is 0 Å². The third kappa shape index (κ3) is 4.34. The van der Waals surface area contributed by atoms with Gasteiger partial charge in [-0.15, -0.1) is 0 Å². The summed E-state index contributed by atoms with van der Waals surface area (Å²) in [5.74, 6) is 0.116. The first kappa shape index (κ1) is 25.4. The lowest BCUT2D eigenvalue weighted by molar-refractivity contribution is -0.122. The maximum Gasteiger partial charge on any atom is 0.226 e. The molecule has 198 valence electrons. The Morgan fingerprint density at radius 1 is 0.897 bits per heavy atom. The summed E-state index contributed by atoms with van der Waals surface area (Å²) in [6.45, 7) is -0.420. The number of imidazole rings is 1. The molecule has 2 aromatic heterocycles. The van der Waals surface area contributed by atoms with E-state index >= 15 is 0 Å². The molecule has 5 aromatic rings. The van der Waals surface area contributed by atoms with Gasteiger partial charge in [0.05, 0.1) is 12.9 Å². The zero-order chi connectivity index (χ0) is 27.0. The summed E-state index contributed by atoms with van der Waals surface area (Å²) >= 11 is 6.12. The number of benzene rings is 3. The van der Waals surface area contributed by atoms with Gasteiger partial charge in [0.2, 0.25) is 5.28 Å². The van der Waals surface area contributed by atoms with Crippen molar-refractivity contribution >= 4 is 28.6 Å². The Morgan fingerprint density at radius 2 is 1.44 bits per heavy atom. The molecule has 4 N–H and O–H groups in total. The minimum atomic E-state index is -1.19. The molecule has 0 aliphatic carbocycles. The molecule has 1 saturated heterocycles. The number of rotatable bonds is 7. The number of ether oxygens (including phenoxy) is 2. The molecule has 6 rings (SSSR count). The summed E-state index contributed by atoms with van der Waals surface area (Å²) in [7, 11) is 0. The molecule has 0 radical (unpaired) electrons. The first-order chi connectivity index (χ1) is 19.0. The second-order valence-electron chi connectivity index (χ2n) is 9.30. The van der Waals surface area contributed by atoms with Gasteiger partial charge in [0.15, 0.2) is 17.7 Å². The van der Waals surface area contributed by atoms with Gasteiger partial charge < -0.3 is 25.4 Å². The molecule has 10 heteroatoms. The van der Waals surface area contributed by atoms with Crippen LogP contribution in [0.2, 0.25) is 5.28 Å². The number of aromatic nitrogens is 4. The van der Waals surface area contributed by atoms with E-state index < -0.39 is 36.7 Å². The molecule has 3 aromatic carbocycles. The highest BCUT2D eigenvalue weighted by Gasteiger charge is 2.51.